The molecule has 1 aliphatic carbocycles. The molecular weight excluding hydrogens is 392 g/mol. The average Bonchev–Trinajstić information content (AvgIpc) is 3.39. The van der Waals surface area contributed by atoms with Crippen LogP contribution in [0, 0.1) is 6.92 Å². The Labute approximate surface area is 160 Å². The maximum absolute atomic E-state index is 12.7. The number of aryl methyl sites for hydroxylation is 1. The molecule has 0 bridgehead atoms. The maximum atomic E-state index is 12.7. The summed E-state index contributed by atoms with van der Waals surface area (Å²) in [5.74, 6) is 0.186. The summed E-state index contributed by atoms with van der Waals surface area (Å²) < 4.78 is 2.80. The van der Waals surface area contributed by atoms with Crippen LogP contribution in [0.5, 0.6) is 0 Å². The van der Waals surface area contributed by atoms with E-state index in [1.54, 1.807) is 4.68 Å². The molecule has 3 aromatic rings. The lowest BCUT2D eigenvalue weighted by Gasteiger charge is -2.09. The lowest BCUT2D eigenvalue weighted by atomic mass is 10.1. The first-order chi connectivity index (χ1) is 12.6. The van der Waals surface area contributed by atoms with Crippen molar-refractivity contribution >= 4 is 21.8 Å². The summed E-state index contributed by atoms with van der Waals surface area (Å²) in [6.45, 7) is 2.53. The number of aromatic nitrogens is 3. The second-order valence-corrected chi connectivity index (χ2v) is 7.51. The molecule has 0 aliphatic heterocycles. The summed E-state index contributed by atoms with van der Waals surface area (Å²) in [6, 6.07) is 15.9. The zero-order chi connectivity index (χ0) is 18.1. The van der Waals surface area contributed by atoms with Crippen molar-refractivity contribution in [3.8, 4) is 5.69 Å². The zero-order valence-electron chi connectivity index (χ0n) is 14.4. The number of rotatable bonds is 5. The Morgan fingerprint density at radius 3 is 2.62 bits per heavy atom. The molecule has 0 atom stereocenters. The molecule has 1 fully saturated rings. The van der Waals surface area contributed by atoms with E-state index in [0.29, 0.717) is 18.2 Å². The molecule has 1 aromatic heterocycles. The van der Waals surface area contributed by atoms with Gasteiger partial charge < -0.3 is 5.32 Å². The predicted octanol–water partition coefficient (Wildman–Crippen LogP) is 4.15. The van der Waals surface area contributed by atoms with E-state index in [1.165, 1.54) is 0 Å². The van der Waals surface area contributed by atoms with Gasteiger partial charge in [-0.05, 0) is 55.2 Å². The zero-order valence-corrected chi connectivity index (χ0v) is 16.0. The van der Waals surface area contributed by atoms with Crippen LogP contribution in [0.25, 0.3) is 5.69 Å². The van der Waals surface area contributed by atoms with Crippen LogP contribution in [0.4, 0.5) is 0 Å². The third kappa shape index (κ3) is 3.42. The van der Waals surface area contributed by atoms with Crippen LogP contribution in [0.2, 0.25) is 0 Å². The van der Waals surface area contributed by atoms with E-state index in [9.17, 15) is 4.79 Å². The van der Waals surface area contributed by atoms with E-state index in [4.69, 9.17) is 0 Å². The summed E-state index contributed by atoms with van der Waals surface area (Å²) in [4.78, 5) is 12.7. The predicted molar refractivity (Wildman–Crippen MR) is 103 cm³/mol. The van der Waals surface area contributed by atoms with Crippen molar-refractivity contribution in [3.63, 3.8) is 0 Å². The Kier molecular flexibility index (Phi) is 4.59. The smallest absolute Gasteiger partial charge is 0.274 e. The molecule has 132 valence electrons. The average molecular weight is 411 g/mol. The maximum Gasteiger partial charge on any atom is 0.274 e. The topological polar surface area (TPSA) is 59.8 Å². The molecule has 0 radical (unpaired) electrons. The molecule has 1 aliphatic rings. The van der Waals surface area contributed by atoms with Crippen LogP contribution >= 0.6 is 15.9 Å². The summed E-state index contributed by atoms with van der Waals surface area (Å²) in [7, 11) is 0. The molecule has 26 heavy (non-hydrogen) atoms. The van der Waals surface area contributed by atoms with Crippen molar-refractivity contribution < 1.29 is 4.79 Å². The number of amides is 1. The molecule has 6 heteroatoms. The minimum Gasteiger partial charge on any atom is -0.346 e. The normalized spacial score (nSPS) is 13.6. The van der Waals surface area contributed by atoms with Crippen molar-refractivity contribution in [2.75, 3.05) is 0 Å². The molecule has 4 rings (SSSR count). The quantitative estimate of drug-likeness (QED) is 0.687. The molecule has 0 saturated heterocycles. The van der Waals surface area contributed by atoms with Crippen LogP contribution < -0.4 is 5.32 Å². The lowest BCUT2D eigenvalue weighted by Crippen LogP contribution is -2.25. The number of hydrogen-bond donors (Lipinski definition) is 1. The number of carbonyl (C=O) groups is 1. The van der Waals surface area contributed by atoms with Crippen molar-refractivity contribution in [2.24, 2.45) is 0 Å². The van der Waals surface area contributed by atoms with Gasteiger partial charge in [0, 0.05) is 16.9 Å². The van der Waals surface area contributed by atoms with Gasteiger partial charge in [0.05, 0.1) is 11.4 Å². The summed E-state index contributed by atoms with van der Waals surface area (Å²) >= 11 is 3.45. The second-order valence-electron chi connectivity index (χ2n) is 6.59. The van der Waals surface area contributed by atoms with E-state index in [-0.39, 0.29) is 5.91 Å². The number of nitrogens with zero attached hydrogens (tertiary/aromatic N) is 3. The first-order valence-electron chi connectivity index (χ1n) is 8.67. The van der Waals surface area contributed by atoms with Gasteiger partial charge in [-0.1, -0.05) is 45.4 Å². The fourth-order valence-corrected chi connectivity index (χ4v) is 3.28. The SMILES string of the molecule is Cc1ccccc1CNC(=O)c1nnn(-c2ccc(Br)cc2)c1C1CC1. The third-order valence-corrected chi connectivity index (χ3v) is 5.18. The Morgan fingerprint density at radius 1 is 1.19 bits per heavy atom. The van der Waals surface area contributed by atoms with E-state index in [1.807, 2.05) is 55.5 Å². The van der Waals surface area contributed by atoms with Crippen molar-refractivity contribution in [1.29, 1.82) is 0 Å². The van der Waals surface area contributed by atoms with Crippen molar-refractivity contribution in [3.05, 3.63) is 75.5 Å². The number of hydrogen-bond acceptors (Lipinski definition) is 3. The van der Waals surface area contributed by atoms with Gasteiger partial charge in [-0.25, -0.2) is 4.68 Å². The first kappa shape index (κ1) is 17.0. The molecule has 2 aromatic carbocycles. The summed E-state index contributed by atoms with van der Waals surface area (Å²) in [6.07, 6.45) is 2.14. The van der Waals surface area contributed by atoms with Gasteiger partial charge in [0.2, 0.25) is 0 Å². The van der Waals surface area contributed by atoms with Gasteiger partial charge >= 0.3 is 0 Å². The summed E-state index contributed by atoms with van der Waals surface area (Å²) in [5.41, 5.74) is 4.53. The monoisotopic (exact) mass is 410 g/mol. The molecule has 5 nitrogen and oxygen atoms in total. The van der Waals surface area contributed by atoms with Crippen LogP contribution in [0.15, 0.2) is 53.0 Å². The third-order valence-electron chi connectivity index (χ3n) is 4.66. The van der Waals surface area contributed by atoms with E-state index >= 15 is 0 Å². The highest BCUT2D eigenvalue weighted by molar-refractivity contribution is 9.10. The van der Waals surface area contributed by atoms with Gasteiger partial charge in [0.25, 0.3) is 5.91 Å². The molecular formula is C20H19BrN4O. The van der Waals surface area contributed by atoms with Crippen LogP contribution in [0.1, 0.15) is 46.1 Å². The second kappa shape index (κ2) is 7.03. The molecule has 0 unspecified atom stereocenters. The molecule has 0 spiro atoms. The molecule has 1 N–H and O–H groups in total. The largest absolute Gasteiger partial charge is 0.346 e. The van der Waals surface area contributed by atoms with Gasteiger partial charge in [-0.2, -0.15) is 0 Å². The van der Waals surface area contributed by atoms with E-state index in [0.717, 1.165) is 39.8 Å². The van der Waals surface area contributed by atoms with Gasteiger partial charge in [-0.15, -0.1) is 5.10 Å². The van der Waals surface area contributed by atoms with Gasteiger partial charge in [0.15, 0.2) is 5.69 Å². The highest BCUT2D eigenvalue weighted by atomic mass is 79.9. The van der Waals surface area contributed by atoms with Crippen molar-refractivity contribution in [2.45, 2.75) is 32.2 Å². The Morgan fingerprint density at radius 2 is 1.92 bits per heavy atom. The van der Waals surface area contributed by atoms with E-state index < -0.39 is 0 Å². The summed E-state index contributed by atoms with van der Waals surface area (Å²) in [5, 5.41) is 11.5. The highest BCUT2D eigenvalue weighted by Crippen LogP contribution is 2.42. The number of benzene rings is 2. The van der Waals surface area contributed by atoms with Crippen LogP contribution in [-0.2, 0) is 6.54 Å². The van der Waals surface area contributed by atoms with Crippen LogP contribution in [0.3, 0.4) is 0 Å². The Bertz CT molecular complexity index is 945. The molecule has 1 heterocycles. The lowest BCUT2D eigenvalue weighted by molar-refractivity contribution is 0.0944. The molecule has 1 saturated carbocycles. The fourth-order valence-electron chi connectivity index (χ4n) is 3.01. The van der Waals surface area contributed by atoms with Gasteiger partial charge in [0.1, 0.15) is 0 Å². The Balaban J connectivity index is 1.59. The minimum absolute atomic E-state index is 0.168. The molecule has 1 amide bonds. The first-order valence-corrected chi connectivity index (χ1v) is 9.47. The standard InChI is InChI=1S/C20H19BrN4O/c1-13-4-2-3-5-15(13)12-22-20(26)18-19(14-6-7-14)25(24-23-18)17-10-8-16(21)9-11-17/h2-5,8-11,14H,6-7,12H2,1H3,(H,22,26). The van der Waals surface area contributed by atoms with Gasteiger partial charge in [-0.3, -0.25) is 4.79 Å². The Hall–Kier alpha value is -2.47. The van der Waals surface area contributed by atoms with Crippen molar-refractivity contribution in [1.82, 2.24) is 20.3 Å². The number of carbonyl (C=O) groups excluding carboxylic acids is 1. The fraction of sp³-hybridized carbons (Fsp3) is 0.250. The van der Waals surface area contributed by atoms with Crippen LogP contribution in [-0.4, -0.2) is 20.9 Å². The number of nitrogens with one attached hydrogen (secondary N) is 1. The van der Waals surface area contributed by atoms with E-state index in [2.05, 4.69) is 31.6 Å². The number of halogens is 1. The minimum atomic E-state index is -0.168. The highest BCUT2D eigenvalue weighted by Gasteiger charge is 2.34.